The average molecular weight is 220 g/mol. The second-order valence-electron chi connectivity index (χ2n) is 1.80. The van der Waals surface area contributed by atoms with Crippen molar-refractivity contribution in [1.29, 1.82) is 0 Å². The van der Waals surface area contributed by atoms with Crippen molar-refractivity contribution < 1.29 is 5.11 Å². The molecule has 0 saturated heterocycles. The largest absolute Gasteiger partial charge is 0.385 e. The molecule has 1 aromatic carbocycles. The molecule has 1 rings (SSSR count). The van der Waals surface area contributed by atoms with Crippen LogP contribution in [0.2, 0.25) is 5.02 Å². The molecule has 1 radical (unpaired) electrons. The highest BCUT2D eigenvalue weighted by atomic mass is 79.9. The summed E-state index contributed by atoms with van der Waals surface area (Å²) in [5.74, 6) is 0. The summed E-state index contributed by atoms with van der Waals surface area (Å²) in [5, 5.41) is 9.21. The van der Waals surface area contributed by atoms with Crippen LogP contribution in [0.15, 0.2) is 22.7 Å². The molecule has 0 aliphatic carbocycles. The van der Waals surface area contributed by atoms with Crippen LogP contribution in [0.25, 0.3) is 0 Å². The third kappa shape index (κ3) is 1.72. The van der Waals surface area contributed by atoms with Gasteiger partial charge in [0, 0.05) is 4.47 Å². The van der Waals surface area contributed by atoms with Crippen molar-refractivity contribution in [2.75, 3.05) is 0 Å². The molecule has 3 heteroatoms. The average Bonchev–Trinajstić information content (AvgIpc) is 1.95. The van der Waals surface area contributed by atoms with Crippen molar-refractivity contribution in [3.8, 4) is 0 Å². The Hall–Kier alpha value is -0.0500. The number of aliphatic hydroxyl groups is 1. The van der Waals surface area contributed by atoms with E-state index >= 15 is 0 Å². The Labute approximate surface area is 72.8 Å². The van der Waals surface area contributed by atoms with Crippen LogP contribution >= 0.6 is 27.5 Å². The fraction of sp³-hybridized carbons (Fsp3) is 0. The molecule has 0 saturated carbocycles. The van der Waals surface area contributed by atoms with Crippen LogP contribution in [0.4, 0.5) is 0 Å². The Bertz CT molecular complexity index is 237. The molecule has 0 aliphatic rings. The molecule has 0 unspecified atom stereocenters. The Morgan fingerprint density at radius 2 is 2.20 bits per heavy atom. The first kappa shape index (κ1) is 8.05. The summed E-state index contributed by atoms with van der Waals surface area (Å²) in [6.45, 7) is 1.03. The van der Waals surface area contributed by atoms with Crippen LogP contribution in [-0.4, -0.2) is 5.11 Å². The zero-order valence-corrected chi connectivity index (χ0v) is 7.35. The summed E-state index contributed by atoms with van der Waals surface area (Å²) in [5.41, 5.74) is 0.733. The van der Waals surface area contributed by atoms with Gasteiger partial charge < -0.3 is 5.11 Å². The van der Waals surface area contributed by atoms with E-state index in [0.29, 0.717) is 5.02 Å². The molecule has 0 heterocycles. The van der Waals surface area contributed by atoms with Crippen LogP contribution in [0.1, 0.15) is 5.56 Å². The molecule has 0 fully saturated rings. The van der Waals surface area contributed by atoms with E-state index in [0.717, 1.165) is 16.6 Å². The molecule has 1 nitrogen and oxygen atoms in total. The summed E-state index contributed by atoms with van der Waals surface area (Å²) in [6.07, 6.45) is 0. The minimum absolute atomic E-state index is 0.644. The normalized spacial score (nSPS) is 9.90. The van der Waals surface area contributed by atoms with Crippen molar-refractivity contribution in [3.05, 3.63) is 39.9 Å². The Morgan fingerprint density at radius 1 is 1.50 bits per heavy atom. The van der Waals surface area contributed by atoms with E-state index < -0.39 is 0 Å². The summed E-state index contributed by atoms with van der Waals surface area (Å²) in [7, 11) is 0. The molecule has 53 valence electrons. The molecule has 1 aromatic rings. The predicted octanol–water partition coefficient (Wildman–Crippen LogP) is 2.98. The third-order valence-corrected chi connectivity index (χ3v) is 2.31. The fourth-order valence-corrected chi connectivity index (χ4v) is 1.11. The maximum atomic E-state index is 8.56. The van der Waals surface area contributed by atoms with Gasteiger partial charge in [-0.3, -0.25) is 0 Å². The SMILES string of the molecule is O[CH]c1ccc(Cl)c(Br)c1. The van der Waals surface area contributed by atoms with Crippen molar-refractivity contribution in [2.45, 2.75) is 0 Å². The van der Waals surface area contributed by atoms with Crippen molar-refractivity contribution in [2.24, 2.45) is 0 Å². The van der Waals surface area contributed by atoms with Gasteiger partial charge in [0.05, 0.1) is 5.02 Å². The fourth-order valence-electron chi connectivity index (χ4n) is 0.593. The van der Waals surface area contributed by atoms with Gasteiger partial charge in [-0.2, -0.15) is 0 Å². The quantitative estimate of drug-likeness (QED) is 0.771. The highest BCUT2D eigenvalue weighted by Gasteiger charge is 1.96. The molecule has 0 aromatic heterocycles. The lowest BCUT2D eigenvalue weighted by atomic mass is 10.2. The van der Waals surface area contributed by atoms with Crippen molar-refractivity contribution >= 4 is 27.5 Å². The van der Waals surface area contributed by atoms with Gasteiger partial charge in [-0.15, -0.1) is 0 Å². The number of aliphatic hydroxyl groups excluding tert-OH is 1. The zero-order chi connectivity index (χ0) is 7.56. The lowest BCUT2D eigenvalue weighted by molar-refractivity contribution is 0.415. The molecule has 0 amide bonds. The number of benzene rings is 1. The summed E-state index contributed by atoms with van der Waals surface area (Å²) < 4.78 is 0.789. The first-order valence-corrected chi connectivity index (χ1v) is 3.83. The molecule has 1 N–H and O–H groups in total. The summed E-state index contributed by atoms with van der Waals surface area (Å²) in [4.78, 5) is 0. The molecule has 10 heavy (non-hydrogen) atoms. The lowest BCUT2D eigenvalue weighted by Gasteiger charge is -1.97. The molecular weight excluding hydrogens is 215 g/mol. The third-order valence-electron chi connectivity index (χ3n) is 1.09. The smallest absolute Gasteiger partial charge is 0.109 e. The lowest BCUT2D eigenvalue weighted by Crippen LogP contribution is -1.78. The highest BCUT2D eigenvalue weighted by Crippen LogP contribution is 2.23. The number of halogens is 2. The van der Waals surface area contributed by atoms with E-state index in [-0.39, 0.29) is 0 Å². The summed E-state index contributed by atoms with van der Waals surface area (Å²) in [6, 6.07) is 5.18. The minimum Gasteiger partial charge on any atom is -0.385 e. The topological polar surface area (TPSA) is 20.2 Å². The second-order valence-corrected chi connectivity index (χ2v) is 3.06. The number of hydrogen-bond acceptors (Lipinski definition) is 1. The minimum atomic E-state index is 0.644. The first-order valence-electron chi connectivity index (χ1n) is 2.66. The van der Waals surface area contributed by atoms with Gasteiger partial charge in [-0.25, -0.2) is 0 Å². The summed E-state index contributed by atoms with van der Waals surface area (Å²) >= 11 is 8.92. The van der Waals surface area contributed by atoms with Gasteiger partial charge in [0.1, 0.15) is 6.61 Å². The molecule has 0 bridgehead atoms. The van der Waals surface area contributed by atoms with E-state index in [2.05, 4.69) is 15.9 Å². The maximum absolute atomic E-state index is 8.56. The van der Waals surface area contributed by atoms with Crippen molar-refractivity contribution in [1.82, 2.24) is 0 Å². The van der Waals surface area contributed by atoms with Gasteiger partial charge in [-0.1, -0.05) is 17.7 Å². The van der Waals surface area contributed by atoms with Gasteiger partial charge in [0.15, 0.2) is 0 Å². The molecule has 0 atom stereocenters. The van der Waals surface area contributed by atoms with Crippen LogP contribution in [-0.2, 0) is 0 Å². The zero-order valence-electron chi connectivity index (χ0n) is 5.01. The number of rotatable bonds is 1. The first-order chi connectivity index (χ1) is 4.74. The highest BCUT2D eigenvalue weighted by molar-refractivity contribution is 9.10. The maximum Gasteiger partial charge on any atom is 0.109 e. The standard InChI is InChI=1S/C7H5BrClO/c8-6-3-5(4-10)1-2-7(6)9/h1-4,10H. The van der Waals surface area contributed by atoms with Crippen LogP contribution in [0, 0.1) is 6.61 Å². The predicted molar refractivity (Wildman–Crippen MR) is 44.5 cm³/mol. The Balaban J connectivity index is 3.04. The van der Waals surface area contributed by atoms with Crippen LogP contribution < -0.4 is 0 Å². The van der Waals surface area contributed by atoms with E-state index in [1.165, 1.54) is 0 Å². The van der Waals surface area contributed by atoms with E-state index in [9.17, 15) is 0 Å². The van der Waals surface area contributed by atoms with Gasteiger partial charge in [0.25, 0.3) is 0 Å². The van der Waals surface area contributed by atoms with Crippen molar-refractivity contribution in [3.63, 3.8) is 0 Å². The molecular formula is C7H5BrClO. The van der Waals surface area contributed by atoms with E-state index in [1.54, 1.807) is 18.2 Å². The second kappa shape index (κ2) is 3.37. The monoisotopic (exact) mass is 219 g/mol. The molecule has 0 aliphatic heterocycles. The molecule has 0 spiro atoms. The Morgan fingerprint density at radius 3 is 2.70 bits per heavy atom. The van der Waals surface area contributed by atoms with Crippen LogP contribution in [0.3, 0.4) is 0 Å². The van der Waals surface area contributed by atoms with Gasteiger partial charge >= 0.3 is 0 Å². The Kier molecular flexibility index (Phi) is 2.72. The number of hydrogen-bond donors (Lipinski definition) is 1. The van der Waals surface area contributed by atoms with Gasteiger partial charge in [0.2, 0.25) is 0 Å². The van der Waals surface area contributed by atoms with Crippen LogP contribution in [0.5, 0.6) is 0 Å². The van der Waals surface area contributed by atoms with Gasteiger partial charge in [-0.05, 0) is 33.6 Å². The van der Waals surface area contributed by atoms with E-state index in [1.807, 2.05) is 0 Å². The van der Waals surface area contributed by atoms with E-state index in [4.69, 9.17) is 16.7 Å².